The van der Waals surface area contributed by atoms with E-state index in [4.69, 9.17) is 4.42 Å². The van der Waals surface area contributed by atoms with Crippen LogP contribution in [-0.2, 0) is 11.2 Å². The van der Waals surface area contributed by atoms with Crippen LogP contribution in [0.1, 0.15) is 21.8 Å². The molecule has 1 heterocycles. The van der Waals surface area contributed by atoms with Crippen LogP contribution in [0.2, 0.25) is 0 Å². The molecule has 2 aromatic carbocycles. The average molecular weight is 396 g/mol. The van der Waals surface area contributed by atoms with Crippen molar-refractivity contribution in [3.05, 3.63) is 71.6 Å². The summed E-state index contributed by atoms with van der Waals surface area (Å²) >= 11 is 1.18. The Morgan fingerprint density at radius 3 is 2.43 bits per heavy atom. The number of carbonyl (C=O) groups excluding carboxylic acids is 2. The molecule has 0 saturated heterocycles. The third-order valence-corrected chi connectivity index (χ3v) is 4.61. The number of carbonyl (C=O) groups is 2. The molecule has 0 bridgehead atoms. The number of rotatable bonds is 7. The van der Waals surface area contributed by atoms with Gasteiger partial charge in [0.05, 0.1) is 12.2 Å². The van der Waals surface area contributed by atoms with Gasteiger partial charge in [-0.05, 0) is 29.8 Å². The number of nitrogens with zero attached hydrogens (tertiary/aromatic N) is 3. The molecule has 2 amide bonds. The van der Waals surface area contributed by atoms with Gasteiger partial charge in [0.25, 0.3) is 11.1 Å². The molecule has 0 atom stereocenters. The molecule has 144 valence electrons. The average Bonchev–Trinajstić information content (AvgIpc) is 3.14. The summed E-state index contributed by atoms with van der Waals surface area (Å²) in [6.45, 7) is 0. The van der Waals surface area contributed by atoms with E-state index in [0.717, 1.165) is 5.56 Å². The molecule has 7 nitrogen and oxygen atoms in total. The zero-order valence-electron chi connectivity index (χ0n) is 15.6. The molecule has 0 aliphatic carbocycles. The van der Waals surface area contributed by atoms with E-state index in [2.05, 4.69) is 15.5 Å². The summed E-state index contributed by atoms with van der Waals surface area (Å²) in [5.41, 5.74) is 2.27. The third-order valence-electron chi connectivity index (χ3n) is 3.80. The van der Waals surface area contributed by atoms with E-state index in [1.54, 1.807) is 38.4 Å². The van der Waals surface area contributed by atoms with E-state index in [9.17, 15) is 9.59 Å². The molecule has 0 fully saturated rings. The van der Waals surface area contributed by atoms with Crippen LogP contribution in [0.4, 0.5) is 5.69 Å². The standard InChI is InChI=1S/C20H20N4O3S/c1-24(2)19(26)15-8-10-16(11-9-15)21-17(25)13-28-20-23-22-18(27-20)12-14-6-4-3-5-7-14/h3-11H,12-13H2,1-2H3,(H,21,25). The third kappa shape index (κ3) is 5.43. The maximum atomic E-state index is 12.1. The molecule has 1 aromatic heterocycles. The summed E-state index contributed by atoms with van der Waals surface area (Å²) in [5.74, 6) is 0.372. The topological polar surface area (TPSA) is 88.3 Å². The molecule has 0 unspecified atom stereocenters. The number of amides is 2. The highest BCUT2D eigenvalue weighted by atomic mass is 32.2. The fraction of sp³-hybridized carbons (Fsp3) is 0.200. The second kappa shape index (κ2) is 9.18. The van der Waals surface area contributed by atoms with Crippen molar-refractivity contribution in [2.75, 3.05) is 25.2 Å². The van der Waals surface area contributed by atoms with E-state index in [1.165, 1.54) is 16.7 Å². The van der Waals surface area contributed by atoms with E-state index in [1.807, 2.05) is 30.3 Å². The highest BCUT2D eigenvalue weighted by Gasteiger charge is 2.11. The summed E-state index contributed by atoms with van der Waals surface area (Å²) < 4.78 is 5.57. The van der Waals surface area contributed by atoms with Gasteiger partial charge in [-0.15, -0.1) is 10.2 Å². The molecule has 0 aliphatic heterocycles. The van der Waals surface area contributed by atoms with Crippen molar-refractivity contribution in [2.24, 2.45) is 0 Å². The minimum absolute atomic E-state index is 0.0869. The molecule has 3 rings (SSSR count). The first kappa shape index (κ1) is 19.6. The van der Waals surface area contributed by atoms with Crippen molar-refractivity contribution in [1.29, 1.82) is 0 Å². The molecule has 0 aliphatic rings. The number of benzene rings is 2. The lowest BCUT2D eigenvalue weighted by molar-refractivity contribution is -0.113. The maximum Gasteiger partial charge on any atom is 0.277 e. The Hall–Kier alpha value is -3.13. The number of hydrogen-bond donors (Lipinski definition) is 1. The molecule has 3 aromatic rings. The molecule has 0 saturated carbocycles. The largest absolute Gasteiger partial charge is 0.416 e. The summed E-state index contributed by atoms with van der Waals surface area (Å²) in [6.07, 6.45) is 0.554. The molecule has 28 heavy (non-hydrogen) atoms. The second-order valence-corrected chi connectivity index (χ2v) is 7.16. The fourth-order valence-corrected chi connectivity index (χ4v) is 3.00. The Morgan fingerprint density at radius 2 is 1.75 bits per heavy atom. The lowest BCUT2D eigenvalue weighted by Gasteiger charge is -2.10. The Labute approximate surface area is 167 Å². The van der Waals surface area contributed by atoms with Gasteiger partial charge in [0.15, 0.2) is 0 Å². The van der Waals surface area contributed by atoms with Crippen LogP contribution in [0.15, 0.2) is 64.2 Å². The number of thioether (sulfide) groups is 1. The van der Waals surface area contributed by atoms with Gasteiger partial charge >= 0.3 is 0 Å². The van der Waals surface area contributed by atoms with Crippen LogP contribution < -0.4 is 5.32 Å². The molecule has 0 spiro atoms. The number of hydrogen-bond acceptors (Lipinski definition) is 6. The van der Waals surface area contributed by atoms with Crippen LogP contribution in [0.25, 0.3) is 0 Å². The van der Waals surface area contributed by atoms with E-state index >= 15 is 0 Å². The maximum absolute atomic E-state index is 12.1. The molecule has 8 heteroatoms. The van der Waals surface area contributed by atoms with E-state index in [-0.39, 0.29) is 17.6 Å². The smallest absolute Gasteiger partial charge is 0.277 e. The summed E-state index contributed by atoms with van der Waals surface area (Å²) in [5, 5.41) is 11.1. The molecular weight excluding hydrogens is 376 g/mol. The molecular formula is C20H20N4O3S. The van der Waals surface area contributed by atoms with Gasteiger partial charge in [0.1, 0.15) is 0 Å². The monoisotopic (exact) mass is 396 g/mol. The lowest BCUT2D eigenvalue weighted by atomic mass is 10.2. The van der Waals surface area contributed by atoms with Crippen molar-refractivity contribution in [2.45, 2.75) is 11.6 Å². The zero-order chi connectivity index (χ0) is 19.9. The van der Waals surface area contributed by atoms with Gasteiger partial charge in [0.2, 0.25) is 11.8 Å². The lowest BCUT2D eigenvalue weighted by Crippen LogP contribution is -2.21. The van der Waals surface area contributed by atoms with Crippen molar-refractivity contribution < 1.29 is 14.0 Å². The summed E-state index contributed by atoms with van der Waals surface area (Å²) in [4.78, 5) is 25.5. The van der Waals surface area contributed by atoms with Crippen LogP contribution in [-0.4, -0.2) is 46.8 Å². The summed E-state index contributed by atoms with van der Waals surface area (Å²) in [7, 11) is 3.38. The van der Waals surface area contributed by atoms with Gasteiger partial charge in [-0.1, -0.05) is 42.1 Å². The van der Waals surface area contributed by atoms with Crippen molar-refractivity contribution in [3.8, 4) is 0 Å². The summed E-state index contributed by atoms with van der Waals surface area (Å²) in [6, 6.07) is 16.6. The molecule has 1 N–H and O–H groups in total. The number of aromatic nitrogens is 2. The van der Waals surface area contributed by atoms with Gasteiger partial charge in [-0.2, -0.15) is 0 Å². The first-order chi connectivity index (χ1) is 13.5. The fourth-order valence-electron chi connectivity index (χ4n) is 2.42. The van der Waals surface area contributed by atoms with Gasteiger partial charge in [-0.25, -0.2) is 0 Å². The van der Waals surface area contributed by atoms with Gasteiger partial charge in [-0.3, -0.25) is 9.59 Å². The van der Waals surface area contributed by atoms with E-state index in [0.29, 0.717) is 28.8 Å². The predicted molar refractivity (Wildman–Crippen MR) is 107 cm³/mol. The van der Waals surface area contributed by atoms with Crippen LogP contribution in [0, 0.1) is 0 Å². The number of nitrogens with one attached hydrogen (secondary N) is 1. The molecule has 0 radical (unpaired) electrons. The first-order valence-corrected chi connectivity index (χ1v) is 9.60. The second-order valence-electron chi connectivity index (χ2n) is 6.24. The van der Waals surface area contributed by atoms with Crippen molar-refractivity contribution in [1.82, 2.24) is 15.1 Å². The zero-order valence-corrected chi connectivity index (χ0v) is 16.4. The minimum Gasteiger partial charge on any atom is -0.416 e. The van der Waals surface area contributed by atoms with Crippen molar-refractivity contribution in [3.63, 3.8) is 0 Å². The van der Waals surface area contributed by atoms with Crippen molar-refractivity contribution >= 4 is 29.3 Å². The van der Waals surface area contributed by atoms with Gasteiger partial charge < -0.3 is 14.6 Å². The Bertz CT molecular complexity index is 940. The van der Waals surface area contributed by atoms with Crippen LogP contribution >= 0.6 is 11.8 Å². The highest BCUT2D eigenvalue weighted by Crippen LogP contribution is 2.18. The first-order valence-electron chi connectivity index (χ1n) is 8.62. The predicted octanol–water partition coefficient (Wildman–Crippen LogP) is 3.09. The van der Waals surface area contributed by atoms with Crippen LogP contribution in [0.5, 0.6) is 0 Å². The normalized spacial score (nSPS) is 10.5. The Balaban J connectivity index is 1.49. The number of anilines is 1. The van der Waals surface area contributed by atoms with E-state index < -0.39 is 0 Å². The highest BCUT2D eigenvalue weighted by molar-refractivity contribution is 7.99. The van der Waals surface area contributed by atoms with Gasteiger partial charge in [0, 0.05) is 25.3 Å². The SMILES string of the molecule is CN(C)C(=O)c1ccc(NC(=O)CSc2nnc(Cc3ccccc3)o2)cc1. The Morgan fingerprint density at radius 1 is 1.04 bits per heavy atom. The quantitative estimate of drug-likeness (QED) is 0.618. The minimum atomic E-state index is -0.195. The van der Waals surface area contributed by atoms with Crippen LogP contribution in [0.3, 0.4) is 0 Å². The Kier molecular flexibility index (Phi) is 6.44.